The predicted octanol–water partition coefficient (Wildman–Crippen LogP) is 3.90. The van der Waals surface area contributed by atoms with E-state index in [0.717, 1.165) is 21.0 Å². The summed E-state index contributed by atoms with van der Waals surface area (Å²) in [6.07, 6.45) is 1.74. The average molecular weight is 402 g/mol. The second-order valence-corrected chi connectivity index (χ2v) is 6.01. The van der Waals surface area contributed by atoms with Crippen LogP contribution in [0.15, 0.2) is 41.0 Å². The van der Waals surface area contributed by atoms with Gasteiger partial charge < -0.3 is 14.8 Å². The molecule has 0 aliphatic heterocycles. The van der Waals surface area contributed by atoms with Gasteiger partial charge in [-0.05, 0) is 39.7 Å². The molecule has 0 amide bonds. The third kappa shape index (κ3) is 3.15. The molecule has 6 nitrogen and oxygen atoms in total. The van der Waals surface area contributed by atoms with Crippen LogP contribution in [0.1, 0.15) is 10.4 Å². The van der Waals surface area contributed by atoms with Gasteiger partial charge in [0.05, 0.1) is 19.8 Å². The van der Waals surface area contributed by atoms with Gasteiger partial charge in [0, 0.05) is 28.7 Å². The van der Waals surface area contributed by atoms with Gasteiger partial charge in [-0.3, -0.25) is 0 Å². The van der Waals surface area contributed by atoms with Gasteiger partial charge in [-0.2, -0.15) is 0 Å². The largest absolute Gasteiger partial charge is 0.494 e. The number of fused-ring (bicyclic) bond motifs is 1. The van der Waals surface area contributed by atoms with Gasteiger partial charge in [0.25, 0.3) is 0 Å². The zero-order valence-corrected chi connectivity index (χ0v) is 15.5. The Balaban J connectivity index is 2.16. The fraction of sp³-hybridized carbons (Fsp3) is 0.167. The van der Waals surface area contributed by atoms with Crippen LogP contribution < -0.4 is 10.1 Å². The summed E-state index contributed by atoms with van der Waals surface area (Å²) in [6, 6.07) is 9.09. The minimum atomic E-state index is -0.366. The van der Waals surface area contributed by atoms with E-state index >= 15 is 0 Å². The van der Waals surface area contributed by atoms with Crippen LogP contribution in [-0.2, 0) is 4.74 Å². The molecule has 128 valence electrons. The monoisotopic (exact) mass is 401 g/mol. The predicted molar refractivity (Wildman–Crippen MR) is 100 cm³/mol. The Hall–Kier alpha value is -2.67. The Morgan fingerprint density at radius 2 is 1.92 bits per heavy atom. The van der Waals surface area contributed by atoms with Gasteiger partial charge in [0.15, 0.2) is 0 Å². The van der Waals surface area contributed by atoms with Crippen molar-refractivity contribution in [2.75, 3.05) is 26.6 Å². The number of aromatic nitrogens is 2. The van der Waals surface area contributed by atoms with Crippen LogP contribution in [0.5, 0.6) is 5.75 Å². The Kier molecular flexibility index (Phi) is 4.85. The molecule has 0 aliphatic rings. The highest BCUT2D eigenvalue weighted by atomic mass is 79.9. The van der Waals surface area contributed by atoms with E-state index in [2.05, 4.69) is 31.2 Å². The van der Waals surface area contributed by atoms with Crippen LogP contribution in [0.2, 0.25) is 0 Å². The first-order chi connectivity index (χ1) is 12.1. The van der Waals surface area contributed by atoms with E-state index in [1.165, 1.54) is 7.11 Å². The third-order valence-corrected chi connectivity index (χ3v) is 4.69. The molecule has 3 aromatic rings. The van der Waals surface area contributed by atoms with Gasteiger partial charge in [0.2, 0.25) is 5.95 Å². The number of ether oxygens (including phenoxy) is 2. The Bertz CT molecular complexity index is 942. The van der Waals surface area contributed by atoms with Crippen molar-refractivity contribution >= 4 is 38.8 Å². The molecular formula is C18H16BrN3O3. The number of rotatable bonds is 4. The van der Waals surface area contributed by atoms with E-state index in [9.17, 15) is 4.79 Å². The molecule has 1 N–H and O–H groups in total. The number of methoxy groups -OCH3 is 2. The molecule has 1 heterocycles. The number of carbonyl (C=O) groups excluding carboxylic acids is 1. The number of esters is 1. The number of carbonyl (C=O) groups is 1. The first kappa shape index (κ1) is 17.2. The molecule has 0 atom stereocenters. The van der Waals surface area contributed by atoms with Crippen molar-refractivity contribution in [2.24, 2.45) is 0 Å². The van der Waals surface area contributed by atoms with Gasteiger partial charge in [-0.1, -0.05) is 12.1 Å². The molecule has 7 heteroatoms. The lowest BCUT2D eigenvalue weighted by Crippen LogP contribution is -2.00. The topological polar surface area (TPSA) is 73.3 Å². The number of hydrogen-bond acceptors (Lipinski definition) is 6. The Morgan fingerprint density at radius 1 is 1.20 bits per heavy atom. The average Bonchev–Trinajstić information content (AvgIpc) is 2.67. The normalized spacial score (nSPS) is 10.6. The molecule has 3 rings (SSSR count). The van der Waals surface area contributed by atoms with Crippen molar-refractivity contribution < 1.29 is 14.3 Å². The lowest BCUT2D eigenvalue weighted by Gasteiger charge is -2.13. The highest BCUT2D eigenvalue weighted by Crippen LogP contribution is 2.39. The zero-order chi connectivity index (χ0) is 18.0. The summed E-state index contributed by atoms with van der Waals surface area (Å²) in [5.74, 6) is 0.798. The lowest BCUT2D eigenvalue weighted by atomic mass is 10.0. The summed E-state index contributed by atoms with van der Waals surface area (Å²) in [7, 11) is 4.73. The SMILES string of the molecule is CNc1ncc2c(Br)c(-c3ccc(C(=O)OC)cc3)cc(OC)c2n1. The first-order valence-corrected chi connectivity index (χ1v) is 8.28. The number of hydrogen-bond donors (Lipinski definition) is 1. The Morgan fingerprint density at radius 3 is 2.52 bits per heavy atom. The number of benzene rings is 2. The van der Waals surface area contributed by atoms with E-state index < -0.39 is 0 Å². The minimum absolute atomic E-state index is 0.366. The maximum Gasteiger partial charge on any atom is 0.337 e. The van der Waals surface area contributed by atoms with E-state index in [0.29, 0.717) is 22.8 Å². The van der Waals surface area contributed by atoms with Crippen molar-refractivity contribution in [1.82, 2.24) is 9.97 Å². The number of nitrogens with one attached hydrogen (secondary N) is 1. The smallest absolute Gasteiger partial charge is 0.337 e. The zero-order valence-electron chi connectivity index (χ0n) is 14.0. The fourth-order valence-electron chi connectivity index (χ4n) is 2.53. The van der Waals surface area contributed by atoms with Crippen LogP contribution >= 0.6 is 15.9 Å². The van der Waals surface area contributed by atoms with Crippen molar-refractivity contribution in [3.8, 4) is 16.9 Å². The van der Waals surface area contributed by atoms with E-state index in [1.807, 2.05) is 18.2 Å². The van der Waals surface area contributed by atoms with E-state index in [1.54, 1.807) is 32.5 Å². The molecule has 0 saturated carbocycles. The standard InChI is InChI=1S/C18H16BrN3O3/c1-20-18-21-9-13-15(19)12(8-14(24-2)16(13)22-18)10-4-6-11(7-5-10)17(23)25-3/h4-9H,1-3H3,(H,20,21,22). The summed E-state index contributed by atoms with van der Waals surface area (Å²) in [6.45, 7) is 0. The highest BCUT2D eigenvalue weighted by Gasteiger charge is 2.15. The van der Waals surface area contributed by atoms with Gasteiger partial charge in [-0.25, -0.2) is 14.8 Å². The summed E-state index contributed by atoms with van der Waals surface area (Å²) in [4.78, 5) is 20.3. The molecule has 0 unspecified atom stereocenters. The van der Waals surface area contributed by atoms with Gasteiger partial charge in [-0.15, -0.1) is 0 Å². The number of nitrogens with zero attached hydrogens (tertiary/aromatic N) is 2. The van der Waals surface area contributed by atoms with Crippen molar-refractivity contribution in [2.45, 2.75) is 0 Å². The number of halogens is 1. The Labute approximate surface area is 153 Å². The van der Waals surface area contributed by atoms with Crippen LogP contribution in [0.4, 0.5) is 5.95 Å². The summed E-state index contributed by atoms with van der Waals surface area (Å²) < 4.78 is 11.1. The maximum absolute atomic E-state index is 11.6. The molecule has 25 heavy (non-hydrogen) atoms. The molecule has 0 spiro atoms. The van der Waals surface area contributed by atoms with Crippen molar-refractivity contribution in [3.05, 3.63) is 46.6 Å². The number of anilines is 1. The molecule has 1 aromatic heterocycles. The minimum Gasteiger partial charge on any atom is -0.494 e. The molecule has 0 fully saturated rings. The van der Waals surface area contributed by atoms with Crippen LogP contribution in [0.25, 0.3) is 22.0 Å². The second kappa shape index (κ2) is 7.06. The quantitative estimate of drug-likeness (QED) is 0.668. The first-order valence-electron chi connectivity index (χ1n) is 7.48. The maximum atomic E-state index is 11.6. The molecule has 0 aliphatic carbocycles. The van der Waals surface area contributed by atoms with Crippen LogP contribution in [-0.4, -0.2) is 37.2 Å². The van der Waals surface area contributed by atoms with Crippen molar-refractivity contribution in [1.29, 1.82) is 0 Å². The van der Waals surface area contributed by atoms with Crippen LogP contribution in [0.3, 0.4) is 0 Å². The fourth-order valence-corrected chi connectivity index (χ4v) is 3.16. The summed E-state index contributed by atoms with van der Waals surface area (Å²) >= 11 is 3.64. The van der Waals surface area contributed by atoms with Gasteiger partial charge >= 0.3 is 5.97 Å². The van der Waals surface area contributed by atoms with Gasteiger partial charge in [0.1, 0.15) is 11.3 Å². The van der Waals surface area contributed by atoms with Crippen LogP contribution in [0, 0.1) is 0 Å². The van der Waals surface area contributed by atoms with E-state index in [4.69, 9.17) is 9.47 Å². The van der Waals surface area contributed by atoms with E-state index in [-0.39, 0.29) is 5.97 Å². The molecule has 0 saturated heterocycles. The molecule has 0 bridgehead atoms. The lowest BCUT2D eigenvalue weighted by molar-refractivity contribution is 0.0601. The molecular weight excluding hydrogens is 386 g/mol. The highest BCUT2D eigenvalue weighted by molar-refractivity contribution is 9.10. The van der Waals surface area contributed by atoms with Crippen molar-refractivity contribution in [3.63, 3.8) is 0 Å². The molecule has 0 radical (unpaired) electrons. The summed E-state index contributed by atoms with van der Waals surface area (Å²) in [5, 5.41) is 3.76. The molecule has 2 aromatic carbocycles. The summed E-state index contributed by atoms with van der Waals surface area (Å²) in [5.41, 5.74) is 3.06. The third-order valence-electron chi connectivity index (χ3n) is 3.83. The second-order valence-electron chi connectivity index (χ2n) is 5.22.